The maximum Gasteiger partial charge on any atom is 0.262 e. The van der Waals surface area contributed by atoms with Gasteiger partial charge in [-0.1, -0.05) is 0 Å². The first kappa shape index (κ1) is 15.2. The van der Waals surface area contributed by atoms with Gasteiger partial charge in [-0.25, -0.2) is 4.98 Å². The van der Waals surface area contributed by atoms with E-state index >= 15 is 0 Å². The molecule has 2 heterocycles. The van der Waals surface area contributed by atoms with Crippen LogP contribution in [0.5, 0.6) is 0 Å². The Morgan fingerprint density at radius 1 is 1.41 bits per heavy atom. The molecule has 0 saturated heterocycles. The van der Waals surface area contributed by atoms with E-state index in [2.05, 4.69) is 10.3 Å². The van der Waals surface area contributed by atoms with Crippen molar-refractivity contribution in [3.05, 3.63) is 27.1 Å². The molecule has 1 aliphatic rings. The highest BCUT2D eigenvalue weighted by atomic mass is 32.1. The largest absolute Gasteiger partial charge is 0.354 e. The maximum absolute atomic E-state index is 12.7. The van der Waals surface area contributed by atoms with Crippen molar-refractivity contribution < 1.29 is 4.79 Å². The fourth-order valence-corrected chi connectivity index (χ4v) is 4.18. The number of thiophene rings is 1. The molecule has 1 aliphatic carbocycles. The SMILES string of the molecule is CC(C)NC(=O)CCn1cnc2sc3c(c2c1=O)CCCC3. The standard InChI is InChI=1S/C16H21N3O2S/c1-10(2)18-13(20)7-8-19-9-17-15-14(16(19)21)11-5-3-4-6-12(11)22-15/h9-10H,3-8H2,1-2H3,(H,18,20). The lowest BCUT2D eigenvalue weighted by Crippen LogP contribution is -2.32. The molecule has 0 unspecified atom stereocenters. The third-order valence-electron chi connectivity index (χ3n) is 3.97. The van der Waals surface area contributed by atoms with Gasteiger partial charge in [-0.05, 0) is 45.1 Å². The highest BCUT2D eigenvalue weighted by Crippen LogP contribution is 2.33. The molecule has 0 saturated carbocycles. The number of aryl methyl sites for hydroxylation is 3. The molecule has 0 fully saturated rings. The van der Waals surface area contributed by atoms with Crippen LogP contribution in [-0.2, 0) is 24.2 Å². The van der Waals surface area contributed by atoms with Crippen LogP contribution < -0.4 is 10.9 Å². The van der Waals surface area contributed by atoms with Crippen molar-refractivity contribution >= 4 is 27.5 Å². The number of aromatic nitrogens is 2. The van der Waals surface area contributed by atoms with E-state index in [0.717, 1.165) is 29.5 Å². The second-order valence-electron chi connectivity index (χ2n) is 6.11. The van der Waals surface area contributed by atoms with Crippen molar-refractivity contribution in [3.63, 3.8) is 0 Å². The third-order valence-corrected chi connectivity index (χ3v) is 5.17. The molecular formula is C16H21N3O2S. The summed E-state index contributed by atoms with van der Waals surface area (Å²) in [6, 6.07) is 0.119. The van der Waals surface area contributed by atoms with Crippen LogP contribution in [0.4, 0.5) is 0 Å². The second-order valence-corrected chi connectivity index (χ2v) is 7.19. The van der Waals surface area contributed by atoms with Crippen LogP contribution in [0.3, 0.4) is 0 Å². The van der Waals surface area contributed by atoms with E-state index in [9.17, 15) is 9.59 Å². The van der Waals surface area contributed by atoms with E-state index in [-0.39, 0.29) is 17.5 Å². The summed E-state index contributed by atoms with van der Waals surface area (Å²) < 4.78 is 1.57. The van der Waals surface area contributed by atoms with Gasteiger partial charge in [-0.2, -0.15) is 0 Å². The summed E-state index contributed by atoms with van der Waals surface area (Å²) in [5.41, 5.74) is 1.20. The maximum atomic E-state index is 12.7. The molecule has 0 aromatic carbocycles. The average Bonchev–Trinajstić information content (AvgIpc) is 2.85. The Bertz CT molecular complexity index is 761. The molecule has 0 bridgehead atoms. The molecule has 3 rings (SSSR count). The summed E-state index contributed by atoms with van der Waals surface area (Å²) in [6.07, 6.45) is 6.26. The molecule has 1 amide bonds. The fourth-order valence-electron chi connectivity index (χ4n) is 2.96. The van der Waals surface area contributed by atoms with Crippen LogP contribution in [0.25, 0.3) is 10.2 Å². The zero-order chi connectivity index (χ0) is 15.7. The number of hydrogen-bond acceptors (Lipinski definition) is 4. The number of nitrogens with one attached hydrogen (secondary N) is 1. The van der Waals surface area contributed by atoms with E-state index in [1.54, 1.807) is 22.2 Å². The van der Waals surface area contributed by atoms with Gasteiger partial charge in [0.25, 0.3) is 5.56 Å². The van der Waals surface area contributed by atoms with E-state index in [1.165, 1.54) is 16.9 Å². The molecule has 6 heteroatoms. The van der Waals surface area contributed by atoms with Gasteiger partial charge < -0.3 is 5.32 Å². The topological polar surface area (TPSA) is 64.0 Å². The van der Waals surface area contributed by atoms with Gasteiger partial charge in [0.05, 0.1) is 11.7 Å². The Balaban J connectivity index is 1.87. The van der Waals surface area contributed by atoms with E-state index in [1.807, 2.05) is 13.8 Å². The Hall–Kier alpha value is -1.69. The van der Waals surface area contributed by atoms with Crippen molar-refractivity contribution in [1.29, 1.82) is 0 Å². The van der Waals surface area contributed by atoms with E-state index in [4.69, 9.17) is 0 Å². The van der Waals surface area contributed by atoms with Crippen molar-refractivity contribution in [3.8, 4) is 0 Å². The second kappa shape index (κ2) is 6.20. The first-order valence-corrected chi connectivity index (χ1v) is 8.67. The highest BCUT2D eigenvalue weighted by Gasteiger charge is 2.20. The predicted octanol–water partition coefficient (Wildman–Crippen LogP) is 2.25. The number of amides is 1. The summed E-state index contributed by atoms with van der Waals surface area (Å²) in [6.45, 7) is 4.23. The van der Waals surface area contributed by atoms with Crippen LogP contribution in [0.1, 0.15) is 43.6 Å². The minimum atomic E-state index is -0.0330. The lowest BCUT2D eigenvalue weighted by Gasteiger charge is -2.11. The fraction of sp³-hybridized carbons (Fsp3) is 0.562. The molecule has 2 aromatic rings. The lowest BCUT2D eigenvalue weighted by atomic mass is 9.97. The number of carbonyl (C=O) groups is 1. The number of fused-ring (bicyclic) bond motifs is 3. The highest BCUT2D eigenvalue weighted by molar-refractivity contribution is 7.18. The molecule has 2 aromatic heterocycles. The molecule has 5 nitrogen and oxygen atoms in total. The first-order chi connectivity index (χ1) is 10.6. The number of nitrogens with zero attached hydrogens (tertiary/aromatic N) is 2. The molecule has 0 aliphatic heterocycles. The Morgan fingerprint density at radius 2 is 2.18 bits per heavy atom. The van der Waals surface area contributed by atoms with Gasteiger partial charge in [0.15, 0.2) is 0 Å². The van der Waals surface area contributed by atoms with E-state index < -0.39 is 0 Å². The Morgan fingerprint density at radius 3 is 2.95 bits per heavy atom. The molecule has 0 atom stereocenters. The van der Waals surface area contributed by atoms with Crippen LogP contribution in [0.15, 0.2) is 11.1 Å². The van der Waals surface area contributed by atoms with Crippen LogP contribution in [0, 0.1) is 0 Å². The predicted molar refractivity (Wildman–Crippen MR) is 88.4 cm³/mol. The van der Waals surface area contributed by atoms with Crippen molar-refractivity contribution in [2.45, 2.75) is 58.5 Å². The summed E-state index contributed by atoms with van der Waals surface area (Å²) >= 11 is 1.65. The summed E-state index contributed by atoms with van der Waals surface area (Å²) in [4.78, 5) is 31.0. The zero-order valence-electron chi connectivity index (χ0n) is 13.0. The summed E-state index contributed by atoms with van der Waals surface area (Å²) in [5.74, 6) is -0.0330. The molecule has 118 valence electrons. The normalized spacial score (nSPS) is 14.3. The van der Waals surface area contributed by atoms with Gasteiger partial charge in [0, 0.05) is 23.9 Å². The quantitative estimate of drug-likeness (QED) is 0.940. The van der Waals surface area contributed by atoms with Gasteiger partial charge in [-0.15, -0.1) is 11.3 Å². The van der Waals surface area contributed by atoms with Gasteiger partial charge >= 0.3 is 0 Å². The van der Waals surface area contributed by atoms with Crippen LogP contribution >= 0.6 is 11.3 Å². The molecule has 22 heavy (non-hydrogen) atoms. The Labute approximate surface area is 133 Å². The minimum absolute atomic E-state index is 0.00162. The number of hydrogen-bond donors (Lipinski definition) is 1. The van der Waals surface area contributed by atoms with Crippen LogP contribution in [-0.4, -0.2) is 21.5 Å². The number of carbonyl (C=O) groups excluding carboxylic acids is 1. The molecule has 0 spiro atoms. The molecule has 1 N–H and O–H groups in total. The Kier molecular flexibility index (Phi) is 4.29. The van der Waals surface area contributed by atoms with Crippen LogP contribution in [0.2, 0.25) is 0 Å². The average molecular weight is 319 g/mol. The van der Waals surface area contributed by atoms with Gasteiger partial charge in [0.1, 0.15) is 4.83 Å². The van der Waals surface area contributed by atoms with E-state index in [0.29, 0.717) is 13.0 Å². The van der Waals surface area contributed by atoms with Crippen molar-refractivity contribution in [2.75, 3.05) is 0 Å². The molecule has 0 radical (unpaired) electrons. The monoisotopic (exact) mass is 319 g/mol. The molecular weight excluding hydrogens is 298 g/mol. The summed E-state index contributed by atoms with van der Waals surface area (Å²) in [7, 11) is 0. The smallest absolute Gasteiger partial charge is 0.262 e. The van der Waals surface area contributed by atoms with Gasteiger partial charge in [-0.3, -0.25) is 14.2 Å². The number of rotatable bonds is 4. The lowest BCUT2D eigenvalue weighted by molar-refractivity contribution is -0.121. The van der Waals surface area contributed by atoms with Gasteiger partial charge in [0.2, 0.25) is 5.91 Å². The zero-order valence-corrected chi connectivity index (χ0v) is 13.8. The van der Waals surface area contributed by atoms with Crippen molar-refractivity contribution in [2.24, 2.45) is 0 Å². The minimum Gasteiger partial charge on any atom is -0.354 e. The first-order valence-electron chi connectivity index (χ1n) is 7.85. The summed E-state index contributed by atoms with van der Waals surface area (Å²) in [5, 5.41) is 3.63. The third kappa shape index (κ3) is 2.92. The van der Waals surface area contributed by atoms with Crippen molar-refractivity contribution in [1.82, 2.24) is 14.9 Å².